The Morgan fingerprint density at radius 2 is 1.94 bits per heavy atom. The van der Waals surface area contributed by atoms with E-state index in [9.17, 15) is 14.4 Å². The van der Waals surface area contributed by atoms with Gasteiger partial charge in [-0.05, 0) is 12.1 Å². The molecule has 0 aliphatic carbocycles. The van der Waals surface area contributed by atoms with Gasteiger partial charge in [0.25, 0.3) is 5.91 Å². The lowest BCUT2D eigenvalue weighted by atomic mass is 10.1. The van der Waals surface area contributed by atoms with Gasteiger partial charge in [-0.25, -0.2) is 4.79 Å². The molecule has 16 heavy (non-hydrogen) atoms. The summed E-state index contributed by atoms with van der Waals surface area (Å²) in [4.78, 5) is 32.6. The number of carbonyl (C=O) groups excluding carboxylic acids is 3. The molecule has 0 spiro atoms. The lowest BCUT2D eigenvalue weighted by Crippen LogP contribution is -2.25. The molecule has 0 aliphatic rings. The molecule has 0 radical (unpaired) electrons. The third-order valence-corrected chi connectivity index (χ3v) is 1.90. The largest absolute Gasteiger partial charge is 0.452 e. The Morgan fingerprint density at radius 3 is 2.44 bits per heavy atom. The summed E-state index contributed by atoms with van der Waals surface area (Å²) in [6.45, 7) is -0.315. The summed E-state index contributed by atoms with van der Waals surface area (Å²) in [5.41, 5.74) is 0.775. The predicted molar refractivity (Wildman–Crippen MR) is 56.2 cm³/mol. The Labute approximate surface area is 92.4 Å². The molecule has 1 N–H and O–H groups in total. The summed E-state index contributed by atoms with van der Waals surface area (Å²) in [7, 11) is 1.45. The SMILES string of the molecule is CNC(=O)COC(=O)c1ccc(C=O)cc1. The first-order chi connectivity index (χ1) is 7.67. The highest BCUT2D eigenvalue weighted by Crippen LogP contribution is 2.04. The highest BCUT2D eigenvalue weighted by molar-refractivity contribution is 5.92. The van der Waals surface area contributed by atoms with Gasteiger partial charge in [-0.3, -0.25) is 9.59 Å². The van der Waals surface area contributed by atoms with Crippen LogP contribution in [-0.2, 0) is 9.53 Å². The first-order valence-electron chi connectivity index (χ1n) is 4.60. The Hall–Kier alpha value is -2.17. The average molecular weight is 221 g/mol. The van der Waals surface area contributed by atoms with Crippen molar-refractivity contribution in [3.8, 4) is 0 Å². The monoisotopic (exact) mass is 221 g/mol. The van der Waals surface area contributed by atoms with E-state index in [1.807, 2.05) is 0 Å². The first-order valence-corrected chi connectivity index (χ1v) is 4.60. The lowest BCUT2D eigenvalue weighted by molar-refractivity contribution is -0.123. The summed E-state index contributed by atoms with van der Waals surface area (Å²) in [6.07, 6.45) is 0.680. The highest BCUT2D eigenvalue weighted by Gasteiger charge is 2.08. The van der Waals surface area contributed by atoms with Gasteiger partial charge in [-0.1, -0.05) is 12.1 Å². The van der Waals surface area contributed by atoms with Crippen molar-refractivity contribution in [3.05, 3.63) is 35.4 Å². The van der Waals surface area contributed by atoms with Crippen molar-refractivity contribution in [1.29, 1.82) is 0 Å². The molecule has 0 unspecified atom stereocenters. The zero-order valence-electron chi connectivity index (χ0n) is 8.73. The van der Waals surface area contributed by atoms with Crippen molar-refractivity contribution >= 4 is 18.2 Å². The smallest absolute Gasteiger partial charge is 0.338 e. The number of nitrogens with one attached hydrogen (secondary N) is 1. The summed E-state index contributed by atoms with van der Waals surface area (Å²) < 4.78 is 4.71. The fourth-order valence-electron chi connectivity index (χ4n) is 0.984. The molecule has 1 aromatic carbocycles. The van der Waals surface area contributed by atoms with Crippen molar-refractivity contribution in [2.24, 2.45) is 0 Å². The topological polar surface area (TPSA) is 72.5 Å². The first kappa shape index (κ1) is 11.9. The summed E-state index contributed by atoms with van der Waals surface area (Å²) in [5.74, 6) is -0.973. The van der Waals surface area contributed by atoms with Gasteiger partial charge in [-0.2, -0.15) is 0 Å². The number of amides is 1. The molecule has 1 amide bonds. The van der Waals surface area contributed by atoms with Crippen molar-refractivity contribution in [3.63, 3.8) is 0 Å². The molecule has 1 rings (SSSR count). The number of hydrogen-bond donors (Lipinski definition) is 1. The maximum atomic E-state index is 11.4. The molecule has 0 aromatic heterocycles. The van der Waals surface area contributed by atoms with Gasteiger partial charge < -0.3 is 10.1 Å². The summed E-state index contributed by atoms with van der Waals surface area (Å²) >= 11 is 0. The molecule has 0 fully saturated rings. The number of hydrogen-bond acceptors (Lipinski definition) is 4. The summed E-state index contributed by atoms with van der Waals surface area (Å²) in [5, 5.41) is 2.33. The van der Waals surface area contributed by atoms with Gasteiger partial charge in [0.15, 0.2) is 6.61 Å². The normalized spacial score (nSPS) is 9.31. The van der Waals surface area contributed by atoms with E-state index in [0.717, 1.165) is 0 Å². The molecule has 0 saturated heterocycles. The van der Waals surface area contributed by atoms with Crippen molar-refractivity contribution in [1.82, 2.24) is 5.32 Å². The Kier molecular flexibility index (Phi) is 4.20. The predicted octanol–water partition coefficient (Wildman–Crippen LogP) is 0.402. The standard InChI is InChI=1S/C11H11NO4/c1-12-10(14)7-16-11(15)9-4-2-8(6-13)3-5-9/h2-6H,7H2,1H3,(H,12,14). The van der Waals surface area contributed by atoms with E-state index in [0.29, 0.717) is 17.4 Å². The van der Waals surface area contributed by atoms with E-state index < -0.39 is 5.97 Å². The Morgan fingerprint density at radius 1 is 1.31 bits per heavy atom. The minimum Gasteiger partial charge on any atom is -0.452 e. The zero-order valence-corrected chi connectivity index (χ0v) is 8.73. The second-order valence-electron chi connectivity index (χ2n) is 2.99. The van der Waals surface area contributed by atoms with E-state index >= 15 is 0 Å². The van der Waals surface area contributed by atoms with Crippen LogP contribution in [0.4, 0.5) is 0 Å². The van der Waals surface area contributed by atoms with Gasteiger partial charge in [0.05, 0.1) is 5.56 Å². The van der Waals surface area contributed by atoms with Crippen LogP contribution in [0, 0.1) is 0 Å². The van der Waals surface area contributed by atoms with E-state index in [1.165, 1.54) is 31.3 Å². The van der Waals surface area contributed by atoms with Gasteiger partial charge in [0.2, 0.25) is 0 Å². The van der Waals surface area contributed by atoms with Crippen LogP contribution in [0.2, 0.25) is 0 Å². The van der Waals surface area contributed by atoms with Crippen LogP contribution in [0.25, 0.3) is 0 Å². The van der Waals surface area contributed by atoms with Gasteiger partial charge in [-0.15, -0.1) is 0 Å². The van der Waals surface area contributed by atoms with Crippen LogP contribution < -0.4 is 5.32 Å². The minimum absolute atomic E-state index is 0.300. The maximum Gasteiger partial charge on any atom is 0.338 e. The molecule has 5 heteroatoms. The van der Waals surface area contributed by atoms with Crippen LogP contribution in [-0.4, -0.2) is 31.8 Å². The number of benzene rings is 1. The van der Waals surface area contributed by atoms with E-state index in [2.05, 4.69) is 5.32 Å². The van der Waals surface area contributed by atoms with Crippen LogP contribution in [0.15, 0.2) is 24.3 Å². The van der Waals surface area contributed by atoms with Gasteiger partial charge in [0.1, 0.15) is 6.29 Å². The fraction of sp³-hybridized carbons (Fsp3) is 0.182. The molecular formula is C11H11NO4. The lowest BCUT2D eigenvalue weighted by Gasteiger charge is -2.03. The highest BCUT2D eigenvalue weighted by atomic mass is 16.5. The van der Waals surface area contributed by atoms with E-state index in [4.69, 9.17) is 4.74 Å². The van der Waals surface area contributed by atoms with Crippen LogP contribution in [0.1, 0.15) is 20.7 Å². The quantitative estimate of drug-likeness (QED) is 0.590. The molecule has 0 bridgehead atoms. The van der Waals surface area contributed by atoms with Crippen molar-refractivity contribution in [2.45, 2.75) is 0 Å². The van der Waals surface area contributed by atoms with Crippen LogP contribution in [0.5, 0.6) is 0 Å². The molecule has 0 heterocycles. The van der Waals surface area contributed by atoms with Crippen LogP contribution >= 0.6 is 0 Å². The Balaban J connectivity index is 2.59. The molecule has 0 aliphatic heterocycles. The van der Waals surface area contributed by atoms with Crippen LogP contribution in [0.3, 0.4) is 0 Å². The number of likely N-dealkylation sites (N-methyl/N-ethyl adjacent to an activating group) is 1. The number of carbonyl (C=O) groups is 3. The molecular weight excluding hydrogens is 210 g/mol. The Bertz CT molecular complexity index is 397. The van der Waals surface area contributed by atoms with E-state index in [-0.39, 0.29) is 12.5 Å². The second-order valence-corrected chi connectivity index (χ2v) is 2.99. The van der Waals surface area contributed by atoms with Gasteiger partial charge >= 0.3 is 5.97 Å². The van der Waals surface area contributed by atoms with Gasteiger partial charge in [0, 0.05) is 12.6 Å². The third-order valence-electron chi connectivity index (χ3n) is 1.90. The van der Waals surface area contributed by atoms with E-state index in [1.54, 1.807) is 0 Å². The van der Waals surface area contributed by atoms with Crippen molar-refractivity contribution in [2.75, 3.05) is 13.7 Å². The molecule has 5 nitrogen and oxygen atoms in total. The molecule has 1 aromatic rings. The number of aldehydes is 1. The maximum absolute atomic E-state index is 11.4. The second kappa shape index (κ2) is 5.65. The number of ether oxygens (including phenoxy) is 1. The zero-order chi connectivity index (χ0) is 12.0. The number of esters is 1. The average Bonchev–Trinajstić information content (AvgIpc) is 2.35. The number of rotatable bonds is 4. The minimum atomic E-state index is -0.596. The third kappa shape index (κ3) is 3.20. The fourth-order valence-corrected chi connectivity index (χ4v) is 0.984. The molecule has 0 atom stereocenters. The van der Waals surface area contributed by atoms with Crippen molar-refractivity contribution < 1.29 is 19.1 Å². The molecule has 84 valence electrons. The molecule has 0 saturated carbocycles. The summed E-state index contributed by atoms with van der Waals surface area (Å²) in [6, 6.07) is 5.94.